The number of rotatable bonds is 4. The Labute approximate surface area is 93.0 Å². The fraction of sp³-hybridized carbons (Fsp3) is 0.692. The lowest BCUT2D eigenvalue weighted by molar-refractivity contribution is -0.284. The Hall–Kier alpha value is -0.600. The second kappa shape index (κ2) is 4.95. The molecule has 0 radical (unpaired) electrons. The van der Waals surface area contributed by atoms with E-state index in [9.17, 15) is 0 Å². The predicted octanol–water partition coefficient (Wildman–Crippen LogP) is 3.30. The lowest BCUT2D eigenvalue weighted by atomic mass is 9.81. The summed E-state index contributed by atoms with van der Waals surface area (Å²) >= 11 is 0. The lowest BCUT2D eigenvalue weighted by Crippen LogP contribution is -2.46. The predicted molar refractivity (Wildman–Crippen MR) is 62.7 cm³/mol. The average molecular weight is 210 g/mol. The van der Waals surface area contributed by atoms with Crippen molar-refractivity contribution in [1.82, 2.24) is 0 Å². The smallest absolute Gasteiger partial charge is 0.162 e. The van der Waals surface area contributed by atoms with Crippen LogP contribution in [0.2, 0.25) is 0 Å². The Morgan fingerprint density at radius 1 is 1.20 bits per heavy atom. The van der Waals surface area contributed by atoms with Gasteiger partial charge in [0.05, 0.1) is 13.2 Å². The summed E-state index contributed by atoms with van der Waals surface area (Å²) in [4.78, 5) is 0. The maximum absolute atomic E-state index is 5.73. The van der Waals surface area contributed by atoms with Crippen LogP contribution in [0.1, 0.15) is 33.6 Å². The third-order valence-electron chi connectivity index (χ3n) is 2.82. The number of ether oxygens (including phenoxy) is 2. The summed E-state index contributed by atoms with van der Waals surface area (Å²) in [5, 5.41) is 0. The van der Waals surface area contributed by atoms with Gasteiger partial charge >= 0.3 is 0 Å². The molecule has 0 bridgehead atoms. The third-order valence-corrected chi connectivity index (χ3v) is 2.82. The first-order chi connectivity index (χ1) is 7.04. The molecule has 0 aliphatic carbocycles. The number of allylic oxidation sites excluding steroid dienone is 3. The van der Waals surface area contributed by atoms with Crippen molar-refractivity contribution < 1.29 is 9.47 Å². The van der Waals surface area contributed by atoms with Gasteiger partial charge in [0.1, 0.15) is 0 Å². The largest absolute Gasteiger partial charge is 0.350 e. The maximum Gasteiger partial charge on any atom is 0.162 e. The minimum atomic E-state index is -0.430. The van der Waals surface area contributed by atoms with Crippen molar-refractivity contribution in [3.8, 4) is 0 Å². The number of hydrogen-bond donors (Lipinski definition) is 0. The minimum Gasteiger partial charge on any atom is -0.350 e. The molecule has 0 aromatic heterocycles. The van der Waals surface area contributed by atoms with Crippen molar-refractivity contribution in [2.24, 2.45) is 5.41 Å². The molecule has 0 aromatic carbocycles. The Bertz CT molecular complexity index is 231. The van der Waals surface area contributed by atoms with Gasteiger partial charge in [0.15, 0.2) is 5.79 Å². The average Bonchev–Trinajstić information content (AvgIpc) is 2.20. The highest BCUT2D eigenvalue weighted by Gasteiger charge is 2.38. The molecule has 0 amide bonds. The van der Waals surface area contributed by atoms with E-state index >= 15 is 0 Å². The van der Waals surface area contributed by atoms with E-state index in [2.05, 4.69) is 18.7 Å². The van der Waals surface area contributed by atoms with Crippen LogP contribution in [-0.4, -0.2) is 19.0 Å². The molecule has 1 heterocycles. The highest BCUT2D eigenvalue weighted by Crippen LogP contribution is 2.36. The van der Waals surface area contributed by atoms with E-state index in [1.165, 1.54) is 0 Å². The van der Waals surface area contributed by atoms with E-state index in [1.807, 2.05) is 26.8 Å². The van der Waals surface area contributed by atoms with Crippen LogP contribution >= 0.6 is 0 Å². The van der Waals surface area contributed by atoms with Gasteiger partial charge in [-0.15, -0.1) is 6.58 Å². The molecule has 1 aliphatic rings. The van der Waals surface area contributed by atoms with E-state index in [1.54, 1.807) is 0 Å². The summed E-state index contributed by atoms with van der Waals surface area (Å²) in [5.74, 6) is -0.430. The van der Waals surface area contributed by atoms with Gasteiger partial charge in [-0.2, -0.15) is 0 Å². The molecule has 1 saturated heterocycles. The van der Waals surface area contributed by atoms with Crippen molar-refractivity contribution in [3.63, 3.8) is 0 Å². The zero-order chi connectivity index (χ0) is 11.4. The second-order valence-electron chi connectivity index (χ2n) is 4.74. The van der Waals surface area contributed by atoms with Gasteiger partial charge in [0, 0.05) is 5.41 Å². The molecule has 0 spiro atoms. The van der Waals surface area contributed by atoms with Gasteiger partial charge in [0.2, 0.25) is 0 Å². The van der Waals surface area contributed by atoms with Crippen LogP contribution in [0.3, 0.4) is 0 Å². The van der Waals surface area contributed by atoms with E-state index in [-0.39, 0.29) is 5.41 Å². The van der Waals surface area contributed by atoms with Gasteiger partial charge in [-0.05, 0) is 33.6 Å². The minimum absolute atomic E-state index is 0.0871. The summed E-state index contributed by atoms with van der Waals surface area (Å²) in [7, 11) is 0. The Kier molecular flexibility index (Phi) is 4.12. The molecule has 2 nitrogen and oxygen atoms in total. The molecule has 0 N–H and O–H groups in total. The fourth-order valence-electron chi connectivity index (χ4n) is 1.73. The summed E-state index contributed by atoms with van der Waals surface area (Å²) in [6, 6.07) is 0. The molecule has 1 rings (SSSR count). The van der Waals surface area contributed by atoms with E-state index in [4.69, 9.17) is 9.47 Å². The summed E-state index contributed by atoms with van der Waals surface area (Å²) in [6.45, 7) is 11.3. The van der Waals surface area contributed by atoms with E-state index < -0.39 is 5.79 Å². The summed E-state index contributed by atoms with van der Waals surface area (Å²) in [5.41, 5.74) is 0.0871. The van der Waals surface area contributed by atoms with Gasteiger partial charge in [-0.25, -0.2) is 0 Å². The molecular formula is C13H22O2. The molecule has 0 aromatic rings. The molecule has 0 saturated carbocycles. The maximum atomic E-state index is 5.73. The first kappa shape index (κ1) is 12.5. The Morgan fingerprint density at radius 2 is 1.80 bits per heavy atom. The van der Waals surface area contributed by atoms with Crippen molar-refractivity contribution in [1.29, 1.82) is 0 Å². The van der Waals surface area contributed by atoms with E-state index in [0.717, 1.165) is 26.1 Å². The SMILES string of the molecule is C=CCC1(C/C=C/C)COC(C)(C)OC1. The van der Waals surface area contributed by atoms with Gasteiger partial charge in [0.25, 0.3) is 0 Å². The topological polar surface area (TPSA) is 18.5 Å². The van der Waals surface area contributed by atoms with Gasteiger partial charge < -0.3 is 9.47 Å². The third kappa shape index (κ3) is 3.47. The highest BCUT2D eigenvalue weighted by atomic mass is 16.7. The summed E-state index contributed by atoms with van der Waals surface area (Å²) in [6.07, 6.45) is 8.13. The van der Waals surface area contributed by atoms with Gasteiger partial charge in [-0.1, -0.05) is 18.2 Å². The fourth-order valence-corrected chi connectivity index (χ4v) is 1.73. The summed E-state index contributed by atoms with van der Waals surface area (Å²) < 4.78 is 11.5. The van der Waals surface area contributed by atoms with Crippen LogP contribution in [0.15, 0.2) is 24.8 Å². The van der Waals surface area contributed by atoms with Crippen molar-refractivity contribution in [3.05, 3.63) is 24.8 Å². The van der Waals surface area contributed by atoms with Crippen molar-refractivity contribution in [2.45, 2.75) is 39.4 Å². The van der Waals surface area contributed by atoms with Crippen LogP contribution in [0, 0.1) is 5.41 Å². The standard InChI is InChI=1S/C13H22O2/c1-5-7-9-13(8-6-2)10-14-12(3,4)15-11-13/h5-7H,2,8-11H2,1,3-4H3/b7-5+. The first-order valence-corrected chi connectivity index (χ1v) is 5.54. The molecular weight excluding hydrogens is 188 g/mol. The van der Waals surface area contributed by atoms with Crippen LogP contribution in [0.5, 0.6) is 0 Å². The van der Waals surface area contributed by atoms with Crippen molar-refractivity contribution in [2.75, 3.05) is 13.2 Å². The molecule has 1 fully saturated rings. The van der Waals surface area contributed by atoms with Crippen LogP contribution in [0.4, 0.5) is 0 Å². The molecule has 1 aliphatic heterocycles. The molecule has 86 valence electrons. The zero-order valence-electron chi connectivity index (χ0n) is 10.1. The van der Waals surface area contributed by atoms with Gasteiger partial charge in [-0.3, -0.25) is 0 Å². The normalized spacial score (nSPS) is 24.2. The molecule has 15 heavy (non-hydrogen) atoms. The zero-order valence-corrected chi connectivity index (χ0v) is 10.1. The van der Waals surface area contributed by atoms with E-state index in [0.29, 0.717) is 0 Å². The monoisotopic (exact) mass is 210 g/mol. The van der Waals surface area contributed by atoms with Crippen molar-refractivity contribution >= 4 is 0 Å². The number of hydrogen-bond acceptors (Lipinski definition) is 2. The van der Waals surface area contributed by atoms with Crippen LogP contribution in [0.25, 0.3) is 0 Å². The van der Waals surface area contributed by atoms with Crippen LogP contribution in [-0.2, 0) is 9.47 Å². The first-order valence-electron chi connectivity index (χ1n) is 5.54. The Morgan fingerprint density at radius 3 is 2.27 bits per heavy atom. The molecule has 0 atom stereocenters. The van der Waals surface area contributed by atoms with Crippen LogP contribution < -0.4 is 0 Å². The quantitative estimate of drug-likeness (QED) is 0.663. The molecule has 2 heteroatoms. The Balaban J connectivity index is 2.63. The highest BCUT2D eigenvalue weighted by molar-refractivity contribution is 4.95. The second-order valence-corrected chi connectivity index (χ2v) is 4.74. The molecule has 0 unspecified atom stereocenters. The lowest BCUT2D eigenvalue weighted by Gasteiger charge is -2.42.